The van der Waals surface area contributed by atoms with Gasteiger partial charge in [-0.05, 0) is 52.0 Å². The van der Waals surface area contributed by atoms with Crippen molar-refractivity contribution in [2.24, 2.45) is 0 Å². The molecular formula is C19H30O2. The van der Waals surface area contributed by atoms with Gasteiger partial charge < -0.3 is 5.11 Å². The first-order valence-electron chi connectivity index (χ1n) is 8.03. The molecule has 0 radical (unpaired) electrons. The second-order valence-electron chi connectivity index (χ2n) is 7.18. The van der Waals surface area contributed by atoms with E-state index in [1.807, 2.05) is 6.07 Å². The van der Waals surface area contributed by atoms with Gasteiger partial charge in [0.2, 0.25) is 0 Å². The van der Waals surface area contributed by atoms with Gasteiger partial charge >= 0.3 is 5.97 Å². The highest BCUT2D eigenvalue weighted by Crippen LogP contribution is 2.40. The number of rotatable bonds is 5. The lowest BCUT2D eigenvalue weighted by atomic mass is 9.76. The SMILES string of the molecule is CC(C)c1cc(C(=O)O)c(C(C)C)c(C(C)C)c1C(C)C. The third kappa shape index (κ3) is 3.48. The number of hydrogen-bond donors (Lipinski definition) is 1. The summed E-state index contributed by atoms with van der Waals surface area (Å²) < 4.78 is 0. The molecule has 1 rings (SSSR count). The third-order valence-corrected chi connectivity index (χ3v) is 4.07. The van der Waals surface area contributed by atoms with Crippen molar-refractivity contribution in [1.82, 2.24) is 0 Å². The second-order valence-corrected chi connectivity index (χ2v) is 7.18. The topological polar surface area (TPSA) is 37.3 Å². The Morgan fingerprint density at radius 1 is 0.762 bits per heavy atom. The van der Waals surface area contributed by atoms with Gasteiger partial charge in [-0.1, -0.05) is 55.4 Å². The molecule has 0 saturated heterocycles. The van der Waals surface area contributed by atoms with Crippen LogP contribution in [-0.2, 0) is 0 Å². The van der Waals surface area contributed by atoms with Gasteiger partial charge in [-0.25, -0.2) is 4.79 Å². The Morgan fingerprint density at radius 3 is 1.48 bits per heavy atom. The molecule has 0 aliphatic rings. The standard InChI is InChI=1S/C19H30O2/c1-10(2)14-9-15(19(20)21)17(12(5)6)18(13(7)8)16(14)11(3)4/h9-13H,1-8H3,(H,20,21). The number of carboxylic acids is 1. The van der Waals surface area contributed by atoms with Crippen LogP contribution in [-0.4, -0.2) is 11.1 Å². The maximum absolute atomic E-state index is 11.8. The average Bonchev–Trinajstić information content (AvgIpc) is 2.34. The summed E-state index contributed by atoms with van der Waals surface area (Å²) in [5, 5.41) is 9.66. The van der Waals surface area contributed by atoms with Crippen molar-refractivity contribution in [2.75, 3.05) is 0 Å². The quantitative estimate of drug-likeness (QED) is 0.735. The summed E-state index contributed by atoms with van der Waals surface area (Å²) in [6.07, 6.45) is 0. The molecule has 0 bridgehead atoms. The highest BCUT2D eigenvalue weighted by Gasteiger charge is 2.26. The Morgan fingerprint density at radius 2 is 1.19 bits per heavy atom. The molecule has 1 aromatic rings. The molecule has 0 heterocycles. The smallest absolute Gasteiger partial charge is 0.335 e. The Labute approximate surface area is 129 Å². The lowest BCUT2D eigenvalue weighted by molar-refractivity contribution is 0.0695. The van der Waals surface area contributed by atoms with Gasteiger partial charge in [-0.2, -0.15) is 0 Å². The molecule has 118 valence electrons. The predicted molar refractivity (Wildman–Crippen MR) is 89.8 cm³/mol. The predicted octanol–water partition coefficient (Wildman–Crippen LogP) is 5.88. The van der Waals surface area contributed by atoms with E-state index in [1.54, 1.807) is 0 Å². The van der Waals surface area contributed by atoms with Gasteiger partial charge in [0.1, 0.15) is 0 Å². The molecule has 0 atom stereocenters. The molecule has 0 aliphatic carbocycles. The molecular weight excluding hydrogens is 260 g/mol. The van der Waals surface area contributed by atoms with E-state index in [2.05, 4.69) is 55.4 Å². The summed E-state index contributed by atoms with van der Waals surface area (Å²) in [7, 11) is 0. The highest BCUT2D eigenvalue weighted by molar-refractivity contribution is 5.91. The van der Waals surface area contributed by atoms with Gasteiger partial charge in [-0.3, -0.25) is 0 Å². The van der Waals surface area contributed by atoms with Crippen LogP contribution in [0.1, 0.15) is 112 Å². The van der Waals surface area contributed by atoms with Crippen LogP contribution in [0.5, 0.6) is 0 Å². The molecule has 2 heteroatoms. The van der Waals surface area contributed by atoms with Crippen LogP contribution >= 0.6 is 0 Å². The zero-order valence-electron chi connectivity index (χ0n) is 14.7. The molecule has 0 unspecified atom stereocenters. The van der Waals surface area contributed by atoms with Crippen molar-refractivity contribution in [3.05, 3.63) is 33.9 Å². The third-order valence-electron chi connectivity index (χ3n) is 4.07. The zero-order chi connectivity index (χ0) is 16.5. The van der Waals surface area contributed by atoms with Crippen molar-refractivity contribution in [2.45, 2.75) is 79.1 Å². The molecule has 21 heavy (non-hydrogen) atoms. The van der Waals surface area contributed by atoms with Gasteiger partial charge in [0, 0.05) is 0 Å². The van der Waals surface area contributed by atoms with Crippen LogP contribution in [0.15, 0.2) is 6.07 Å². The lowest BCUT2D eigenvalue weighted by Crippen LogP contribution is -2.15. The summed E-state index contributed by atoms with van der Waals surface area (Å²) in [5.41, 5.74) is 5.31. The molecule has 0 amide bonds. The Bertz CT molecular complexity index is 523. The summed E-state index contributed by atoms with van der Waals surface area (Å²) in [4.78, 5) is 11.8. The minimum atomic E-state index is -0.808. The van der Waals surface area contributed by atoms with Crippen molar-refractivity contribution in [1.29, 1.82) is 0 Å². The molecule has 0 fully saturated rings. The van der Waals surface area contributed by atoms with Crippen molar-refractivity contribution < 1.29 is 9.90 Å². The molecule has 0 aliphatic heterocycles. The van der Waals surface area contributed by atoms with Crippen LogP contribution in [0.2, 0.25) is 0 Å². The molecule has 2 nitrogen and oxygen atoms in total. The fourth-order valence-electron chi connectivity index (χ4n) is 3.30. The maximum Gasteiger partial charge on any atom is 0.335 e. The second kappa shape index (κ2) is 6.64. The average molecular weight is 290 g/mol. The van der Waals surface area contributed by atoms with Crippen molar-refractivity contribution in [3.8, 4) is 0 Å². The number of carboxylic acid groups (broad SMARTS) is 1. The van der Waals surface area contributed by atoms with E-state index in [0.29, 0.717) is 23.3 Å². The van der Waals surface area contributed by atoms with E-state index in [4.69, 9.17) is 0 Å². The van der Waals surface area contributed by atoms with E-state index in [0.717, 1.165) is 5.56 Å². The van der Waals surface area contributed by atoms with Gasteiger partial charge in [0.05, 0.1) is 5.56 Å². The minimum Gasteiger partial charge on any atom is -0.478 e. The van der Waals surface area contributed by atoms with Crippen LogP contribution in [0.3, 0.4) is 0 Å². The lowest BCUT2D eigenvalue weighted by Gasteiger charge is -2.28. The summed E-state index contributed by atoms with van der Waals surface area (Å²) in [6.45, 7) is 17.2. The van der Waals surface area contributed by atoms with Gasteiger partial charge in [-0.15, -0.1) is 0 Å². The van der Waals surface area contributed by atoms with E-state index in [9.17, 15) is 9.90 Å². The van der Waals surface area contributed by atoms with Crippen molar-refractivity contribution >= 4 is 5.97 Å². The first kappa shape index (κ1) is 17.7. The first-order valence-corrected chi connectivity index (χ1v) is 8.03. The monoisotopic (exact) mass is 290 g/mol. The first-order chi connectivity index (χ1) is 9.59. The normalized spacial score (nSPS) is 12.0. The van der Waals surface area contributed by atoms with Crippen molar-refractivity contribution in [3.63, 3.8) is 0 Å². The van der Waals surface area contributed by atoms with Crippen LogP contribution in [0.25, 0.3) is 0 Å². The molecule has 0 saturated carbocycles. The van der Waals surface area contributed by atoms with Crippen LogP contribution < -0.4 is 0 Å². The molecule has 0 aromatic heterocycles. The zero-order valence-corrected chi connectivity index (χ0v) is 14.7. The maximum atomic E-state index is 11.8. The highest BCUT2D eigenvalue weighted by atomic mass is 16.4. The molecule has 1 aromatic carbocycles. The number of aromatic carboxylic acids is 1. The number of carbonyl (C=O) groups is 1. The fraction of sp³-hybridized carbons (Fsp3) is 0.632. The largest absolute Gasteiger partial charge is 0.478 e. The fourth-order valence-corrected chi connectivity index (χ4v) is 3.30. The Kier molecular flexibility index (Phi) is 5.61. The summed E-state index contributed by atoms with van der Waals surface area (Å²) in [5.74, 6) is 0.473. The number of benzene rings is 1. The van der Waals surface area contributed by atoms with Crippen LogP contribution in [0, 0.1) is 0 Å². The Balaban J connectivity index is 3.94. The Hall–Kier alpha value is -1.31. The summed E-state index contributed by atoms with van der Waals surface area (Å²) >= 11 is 0. The van der Waals surface area contributed by atoms with Crippen LogP contribution in [0.4, 0.5) is 0 Å². The summed E-state index contributed by atoms with van der Waals surface area (Å²) in [6, 6.07) is 1.92. The van der Waals surface area contributed by atoms with Gasteiger partial charge in [0.25, 0.3) is 0 Å². The van der Waals surface area contributed by atoms with E-state index < -0.39 is 5.97 Å². The minimum absolute atomic E-state index is 0.215. The molecule has 1 N–H and O–H groups in total. The van der Waals surface area contributed by atoms with Gasteiger partial charge in [0.15, 0.2) is 0 Å². The van der Waals surface area contributed by atoms with E-state index in [-0.39, 0.29) is 5.92 Å². The molecule has 0 spiro atoms. The number of hydrogen-bond acceptors (Lipinski definition) is 1. The van der Waals surface area contributed by atoms with E-state index >= 15 is 0 Å². The van der Waals surface area contributed by atoms with E-state index in [1.165, 1.54) is 16.7 Å².